The molecule has 9 nitrogen and oxygen atoms in total. The van der Waals surface area contributed by atoms with Crippen LogP contribution in [0.25, 0.3) is 0 Å². The molecule has 0 aliphatic heterocycles. The summed E-state index contributed by atoms with van der Waals surface area (Å²) < 4.78 is 30.6. The number of likely N-dealkylation sites (N-methyl/N-ethyl adjacent to an activating group) is 1. The van der Waals surface area contributed by atoms with Crippen molar-refractivity contribution in [1.82, 2.24) is 5.32 Å². The number of nitrogens with one attached hydrogen (secondary N) is 1. The lowest BCUT2D eigenvalue weighted by molar-refractivity contribution is -0.870. The number of carbonyl (C=O) groups excluding carboxylic acids is 2. The van der Waals surface area contributed by atoms with E-state index in [1.807, 2.05) is 33.3 Å². The number of nitrogens with zero attached hydrogens (tertiary/aromatic N) is 1. The van der Waals surface area contributed by atoms with Gasteiger partial charge in [-0.2, -0.15) is 0 Å². The number of rotatable bonds is 52. The highest BCUT2D eigenvalue weighted by molar-refractivity contribution is 7.47. The number of hydrogen-bond donors (Lipinski definition) is 2. The highest BCUT2D eigenvalue weighted by atomic mass is 31.2. The van der Waals surface area contributed by atoms with Crippen LogP contribution in [0.1, 0.15) is 226 Å². The van der Waals surface area contributed by atoms with Crippen molar-refractivity contribution in [2.24, 2.45) is 0 Å². The van der Waals surface area contributed by atoms with Crippen LogP contribution in [-0.4, -0.2) is 74.3 Å². The van der Waals surface area contributed by atoms with E-state index in [2.05, 4.69) is 135 Å². The molecule has 0 bridgehead atoms. The average Bonchev–Trinajstić information content (AvgIpc) is 3.37. The first-order valence-electron chi connectivity index (χ1n) is 29.9. The highest BCUT2D eigenvalue weighted by Crippen LogP contribution is 2.43. The van der Waals surface area contributed by atoms with Gasteiger partial charge in [0.1, 0.15) is 19.3 Å². The molecule has 0 saturated carbocycles. The predicted octanol–water partition coefficient (Wildman–Crippen LogP) is 18.3. The number of hydrogen-bond acceptors (Lipinski definition) is 6. The van der Waals surface area contributed by atoms with Crippen molar-refractivity contribution in [3.8, 4) is 0 Å². The molecule has 0 aliphatic rings. The minimum Gasteiger partial charge on any atom is -0.456 e. The lowest BCUT2D eigenvalue weighted by Gasteiger charge is -2.27. The monoisotopic (exact) mass is 1060 g/mol. The Balaban J connectivity index is 5.43. The summed E-state index contributed by atoms with van der Waals surface area (Å²) in [5, 5.41) is 3.02. The van der Waals surface area contributed by atoms with E-state index in [-0.39, 0.29) is 37.9 Å². The molecular weight excluding hydrogens is 952 g/mol. The molecular formula is C65H112N2O7P+. The third-order valence-electron chi connectivity index (χ3n) is 12.5. The van der Waals surface area contributed by atoms with E-state index in [9.17, 15) is 19.0 Å². The van der Waals surface area contributed by atoms with Gasteiger partial charge < -0.3 is 19.4 Å². The molecule has 0 saturated heterocycles. The van der Waals surface area contributed by atoms with Crippen LogP contribution >= 0.6 is 7.82 Å². The van der Waals surface area contributed by atoms with E-state index in [4.69, 9.17) is 13.8 Å². The van der Waals surface area contributed by atoms with Gasteiger partial charge in [0, 0.05) is 12.8 Å². The van der Waals surface area contributed by atoms with Crippen molar-refractivity contribution in [3.63, 3.8) is 0 Å². The van der Waals surface area contributed by atoms with Gasteiger partial charge in [0.2, 0.25) is 5.91 Å². The summed E-state index contributed by atoms with van der Waals surface area (Å²) >= 11 is 0. The Bertz CT molecular complexity index is 1700. The third kappa shape index (κ3) is 55.0. The Hall–Kier alpha value is -3.59. The number of unbranched alkanes of at least 4 members (excludes halogenated alkanes) is 20. The van der Waals surface area contributed by atoms with Gasteiger partial charge in [-0.3, -0.25) is 18.6 Å². The molecule has 0 aliphatic carbocycles. The molecule has 0 aromatic carbocycles. The van der Waals surface area contributed by atoms with Crippen LogP contribution < -0.4 is 5.32 Å². The number of phosphoric acid groups is 1. The summed E-state index contributed by atoms with van der Waals surface area (Å²) in [6.07, 6.45) is 74.8. The van der Waals surface area contributed by atoms with Crippen molar-refractivity contribution in [2.45, 2.75) is 238 Å². The van der Waals surface area contributed by atoms with Crippen LogP contribution in [0.2, 0.25) is 0 Å². The van der Waals surface area contributed by atoms with E-state index < -0.39 is 20.0 Å². The SMILES string of the molecule is CC/C=C\C/C=C\C/C=C\C/C=C\C/C=C\C/C=C\CCCCC(=O)NC(COP(=O)(O)OCC[N+](C)(C)C)C(/C=C\CCCCCCCCCCCCC)OC(=O)CCCCCCCCC/C=C/C=C/C=C/CC. The first kappa shape index (κ1) is 71.4. The summed E-state index contributed by atoms with van der Waals surface area (Å²) in [4.78, 5) is 37.7. The summed E-state index contributed by atoms with van der Waals surface area (Å²) in [5.74, 6) is -0.579. The fourth-order valence-corrected chi connectivity index (χ4v) is 8.62. The number of allylic oxidation sites excluding steroid dienone is 19. The Kier molecular flexibility index (Phi) is 51.2. The third-order valence-corrected chi connectivity index (χ3v) is 13.4. The van der Waals surface area contributed by atoms with Gasteiger partial charge in [0.05, 0.1) is 33.8 Å². The van der Waals surface area contributed by atoms with Gasteiger partial charge >= 0.3 is 13.8 Å². The summed E-state index contributed by atoms with van der Waals surface area (Å²) in [6.45, 7) is 6.71. The second kappa shape index (κ2) is 53.8. The molecule has 3 atom stereocenters. The van der Waals surface area contributed by atoms with Gasteiger partial charge in [0.15, 0.2) is 0 Å². The van der Waals surface area contributed by atoms with Gasteiger partial charge in [-0.25, -0.2) is 4.57 Å². The number of phosphoric ester groups is 1. The molecule has 0 rings (SSSR count). The molecule has 2 N–H and O–H groups in total. The smallest absolute Gasteiger partial charge is 0.456 e. The maximum atomic E-state index is 13.5. The number of carbonyl (C=O) groups is 2. The van der Waals surface area contributed by atoms with Gasteiger partial charge in [0.25, 0.3) is 0 Å². The van der Waals surface area contributed by atoms with Gasteiger partial charge in [-0.1, -0.05) is 233 Å². The molecule has 10 heteroatoms. The number of quaternary nitrogens is 1. The van der Waals surface area contributed by atoms with E-state index in [1.165, 1.54) is 77.0 Å². The maximum absolute atomic E-state index is 13.5. The molecule has 3 unspecified atom stereocenters. The van der Waals surface area contributed by atoms with Gasteiger partial charge in [-0.05, 0) is 102 Å². The predicted molar refractivity (Wildman–Crippen MR) is 323 cm³/mol. The van der Waals surface area contributed by atoms with Crippen LogP contribution in [0.5, 0.6) is 0 Å². The zero-order valence-electron chi connectivity index (χ0n) is 48.7. The van der Waals surface area contributed by atoms with Gasteiger partial charge in [-0.15, -0.1) is 0 Å². The fourth-order valence-electron chi connectivity index (χ4n) is 7.88. The molecule has 0 fully saturated rings. The molecule has 75 heavy (non-hydrogen) atoms. The molecule has 0 heterocycles. The zero-order chi connectivity index (χ0) is 55.0. The fraction of sp³-hybridized carbons (Fsp3) is 0.662. The standard InChI is InChI=1S/C65H111N2O7P/c1-7-10-13-16-19-22-25-28-30-31-32-33-34-35-37-39-42-45-48-51-54-57-64(68)66-62(61-73-75(70,71)72-60-59-67(4,5)6)63(56-53-50-47-44-41-38-27-24-21-18-15-12-9-3)74-65(69)58-55-52-49-46-43-40-36-29-26-23-20-17-14-11-8-2/h10-11,13-14,17,19-20,22-23,26,28,30,32-33,35,37,42,45,53,56,62-63H,7-9,12,15-16,18,21,24-25,27,29,31,34,36,38-41,43-44,46-52,54-55,57-61H2,1-6H3,(H-,66,68,70,71)/p+1/b13-10-,14-11+,20-17+,22-19-,26-23+,30-28-,33-32-,37-35-,45-42-,56-53-. The minimum absolute atomic E-state index is 0.0227. The molecule has 1 amide bonds. The highest BCUT2D eigenvalue weighted by Gasteiger charge is 2.30. The zero-order valence-corrected chi connectivity index (χ0v) is 49.6. The van der Waals surface area contributed by atoms with Crippen molar-refractivity contribution in [3.05, 3.63) is 122 Å². The summed E-state index contributed by atoms with van der Waals surface area (Å²) in [6, 6.07) is -0.885. The number of ether oxygens (including phenoxy) is 1. The Morgan fingerprint density at radius 2 is 0.920 bits per heavy atom. The number of amides is 1. The molecule has 0 aromatic heterocycles. The van der Waals surface area contributed by atoms with Crippen molar-refractivity contribution in [2.75, 3.05) is 40.9 Å². The minimum atomic E-state index is -4.47. The average molecular weight is 1060 g/mol. The normalized spacial score (nSPS) is 14.6. The second-order valence-electron chi connectivity index (χ2n) is 20.8. The van der Waals surface area contributed by atoms with E-state index in [0.717, 1.165) is 103 Å². The topological polar surface area (TPSA) is 111 Å². The second-order valence-corrected chi connectivity index (χ2v) is 22.3. The van der Waals surface area contributed by atoms with Crippen molar-refractivity contribution in [1.29, 1.82) is 0 Å². The lowest BCUT2D eigenvalue weighted by Crippen LogP contribution is -2.47. The van der Waals surface area contributed by atoms with Crippen molar-refractivity contribution < 1.29 is 37.3 Å². The largest absolute Gasteiger partial charge is 0.472 e. The molecule has 428 valence electrons. The number of esters is 1. The van der Waals surface area contributed by atoms with Crippen molar-refractivity contribution >= 4 is 19.7 Å². The van der Waals surface area contributed by atoms with Crippen LogP contribution in [0.3, 0.4) is 0 Å². The van der Waals surface area contributed by atoms with Crippen LogP contribution in [-0.2, 0) is 27.9 Å². The summed E-state index contributed by atoms with van der Waals surface area (Å²) in [5.41, 5.74) is 0. The van der Waals surface area contributed by atoms with E-state index in [0.29, 0.717) is 23.9 Å². The quantitative estimate of drug-likeness (QED) is 0.0156. The molecule has 0 radical (unpaired) electrons. The van der Waals surface area contributed by atoms with Crippen LogP contribution in [0, 0.1) is 0 Å². The molecule has 0 spiro atoms. The maximum Gasteiger partial charge on any atom is 0.472 e. The Morgan fingerprint density at radius 1 is 0.493 bits per heavy atom. The van der Waals surface area contributed by atoms with E-state index in [1.54, 1.807) is 0 Å². The lowest BCUT2D eigenvalue weighted by atomic mass is 10.0. The van der Waals surface area contributed by atoms with E-state index >= 15 is 0 Å². The molecule has 0 aromatic rings. The Morgan fingerprint density at radius 3 is 1.44 bits per heavy atom. The Labute approximate surface area is 461 Å². The van der Waals surface area contributed by atoms with Crippen LogP contribution in [0.4, 0.5) is 0 Å². The first-order valence-corrected chi connectivity index (χ1v) is 31.4. The van der Waals surface area contributed by atoms with Crippen LogP contribution in [0.15, 0.2) is 122 Å². The first-order chi connectivity index (χ1) is 36.4. The summed E-state index contributed by atoms with van der Waals surface area (Å²) in [7, 11) is 1.44.